The van der Waals surface area contributed by atoms with Crippen molar-refractivity contribution in [2.75, 3.05) is 6.61 Å². The van der Waals surface area contributed by atoms with Gasteiger partial charge in [-0.15, -0.1) is 0 Å². The first-order valence-corrected chi connectivity index (χ1v) is 12.3. The molecule has 0 bridgehead atoms. The quantitative estimate of drug-likeness (QED) is 0.156. The van der Waals surface area contributed by atoms with Crippen LogP contribution in [0.1, 0.15) is 137 Å². The first-order chi connectivity index (χ1) is 13.2. The summed E-state index contributed by atoms with van der Waals surface area (Å²) in [6.07, 6.45) is 21.7. The van der Waals surface area contributed by atoms with E-state index in [4.69, 9.17) is 4.74 Å². The number of ether oxygens (including phenoxy) is 1. The summed E-state index contributed by atoms with van der Waals surface area (Å²) in [4.78, 5) is 12.0. The molecule has 2 nitrogen and oxygen atoms in total. The minimum atomic E-state index is 0.0365. The van der Waals surface area contributed by atoms with Gasteiger partial charge in [-0.05, 0) is 25.2 Å². The molecule has 0 N–H and O–H groups in total. The van der Waals surface area contributed by atoms with Gasteiger partial charge in [0.05, 0.1) is 12.5 Å². The third kappa shape index (κ3) is 17.3. The molecule has 0 fully saturated rings. The van der Waals surface area contributed by atoms with Crippen LogP contribution in [0.15, 0.2) is 0 Å². The van der Waals surface area contributed by atoms with E-state index in [9.17, 15) is 4.79 Å². The van der Waals surface area contributed by atoms with Gasteiger partial charge in [0.2, 0.25) is 0 Å². The van der Waals surface area contributed by atoms with Crippen molar-refractivity contribution in [3.8, 4) is 0 Å². The fourth-order valence-electron chi connectivity index (χ4n) is 3.77. The summed E-state index contributed by atoms with van der Waals surface area (Å²) in [6.45, 7) is 9.59. The third-order valence-electron chi connectivity index (χ3n) is 5.87. The summed E-state index contributed by atoms with van der Waals surface area (Å²) >= 11 is 0. The van der Waals surface area contributed by atoms with Crippen LogP contribution in [0.25, 0.3) is 0 Å². The van der Waals surface area contributed by atoms with Crippen molar-refractivity contribution < 1.29 is 9.53 Å². The Hall–Kier alpha value is -0.530. The smallest absolute Gasteiger partial charge is 0.308 e. The fourth-order valence-corrected chi connectivity index (χ4v) is 3.77. The predicted octanol–water partition coefficient (Wildman–Crippen LogP) is 8.47. The maximum absolute atomic E-state index is 12.0. The van der Waals surface area contributed by atoms with E-state index in [-0.39, 0.29) is 11.9 Å². The third-order valence-corrected chi connectivity index (χ3v) is 5.87. The Morgan fingerprint density at radius 3 is 1.74 bits per heavy atom. The molecule has 162 valence electrons. The molecule has 0 radical (unpaired) electrons. The number of hydrogen-bond donors (Lipinski definition) is 0. The van der Waals surface area contributed by atoms with Gasteiger partial charge in [-0.3, -0.25) is 4.79 Å². The fraction of sp³-hybridized carbons (Fsp3) is 0.960. The Morgan fingerprint density at radius 1 is 0.667 bits per heavy atom. The zero-order chi connectivity index (χ0) is 20.2. The monoisotopic (exact) mass is 382 g/mol. The lowest BCUT2D eigenvalue weighted by Crippen LogP contribution is -2.17. The van der Waals surface area contributed by atoms with E-state index in [0.29, 0.717) is 6.61 Å². The highest BCUT2D eigenvalue weighted by atomic mass is 16.5. The number of hydrogen-bond acceptors (Lipinski definition) is 2. The normalized spacial score (nSPS) is 13.5. The van der Waals surface area contributed by atoms with Gasteiger partial charge in [-0.2, -0.15) is 0 Å². The van der Waals surface area contributed by atoms with Crippen LogP contribution in [0.5, 0.6) is 0 Å². The van der Waals surface area contributed by atoms with Gasteiger partial charge in [-0.1, -0.05) is 118 Å². The van der Waals surface area contributed by atoms with Crippen LogP contribution in [-0.4, -0.2) is 12.6 Å². The van der Waals surface area contributed by atoms with Crippen molar-refractivity contribution in [3.05, 3.63) is 0 Å². The Bertz CT molecular complexity index is 313. The van der Waals surface area contributed by atoms with E-state index in [0.717, 1.165) is 38.0 Å². The summed E-state index contributed by atoms with van der Waals surface area (Å²) in [5.74, 6) is 1.05. The van der Waals surface area contributed by atoms with E-state index < -0.39 is 0 Å². The lowest BCUT2D eigenvalue weighted by Gasteiger charge is -2.13. The van der Waals surface area contributed by atoms with E-state index >= 15 is 0 Å². The lowest BCUT2D eigenvalue weighted by atomic mass is 9.96. The van der Waals surface area contributed by atoms with E-state index in [2.05, 4.69) is 27.7 Å². The predicted molar refractivity (Wildman–Crippen MR) is 119 cm³/mol. The molecule has 2 heteroatoms. The Labute approximate surface area is 171 Å². The highest BCUT2D eigenvalue weighted by molar-refractivity contribution is 5.72. The molecule has 0 heterocycles. The topological polar surface area (TPSA) is 26.3 Å². The maximum Gasteiger partial charge on any atom is 0.308 e. The first-order valence-electron chi connectivity index (χ1n) is 12.3. The van der Waals surface area contributed by atoms with E-state index in [1.54, 1.807) is 0 Å². The van der Waals surface area contributed by atoms with E-state index in [1.165, 1.54) is 77.0 Å². The van der Waals surface area contributed by atoms with Crippen LogP contribution in [0, 0.1) is 11.8 Å². The first kappa shape index (κ1) is 26.5. The van der Waals surface area contributed by atoms with Crippen molar-refractivity contribution in [2.24, 2.45) is 11.8 Å². The SMILES string of the molecule is CCCCCCCCC(C)CCCCCCCOC(=O)C(CC)CCCC. The summed E-state index contributed by atoms with van der Waals surface area (Å²) in [7, 11) is 0. The summed E-state index contributed by atoms with van der Waals surface area (Å²) in [5.41, 5.74) is 0. The molecule has 0 saturated heterocycles. The van der Waals surface area contributed by atoms with Gasteiger partial charge >= 0.3 is 5.97 Å². The highest BCUT2D eigenvalue weighted by Gasteiger charge is 2.16. The molecule has 0 aliphatic carbocycles. The van der Waals surface area contributed by atoms with E-state index in [1.807, 2.05) is 0 Å². The molecular weight excluding hydrogens is 332 g/mol. The van der Waals surface area contributed by atoms with Crippen LogP contribution in [0.4, 0.5) is 0 Å². The van der Waals surface area contributed by atoms with Crippen LogP contribution in [-0.2, 0) is 9.53 Å². The molecular formula is C25H50O2. The number of unbranched alkanes of at least 4 members (excludes halogenated alkanes) is 10. The molecule has 0 spiro atoms. The van der Waals surface area contributed by atoms with Gasteiger partial charge in [-0.25, -0.2) is 0 Å². The number of carbonyl (C=O) groups is 1. The molecule has 0 aliphatic heterocycles. The molecule has 0 aromatic carbocycles. The van der Waals surface area contributed by atoms with Crippen molar-refractivity contribution >= 4 is 5.97 Å². The van der Waals surface area contributed by atoms with Crippen LogP contribution in [0.2, 0.25) is 0 Å². The van der Waals surface area contributed by atoms with Crippen molar-refractivity contribution in [3.63, 3.8) is 0 Å². The lowest BCUT2D eigenvalue weighted by molar-refractivity contribution is -0.149. The molecule has 0 saturated carbocycles. The summed E-state index contributed by atoms with van der Waals surface area (Å²) in [5, 5.41) is 0. The van der Waals surface area contributed by atoms with Gasteiger partial charge < -0.3 is 4.74 Å². The second-order valence-electron chi connectivity index (χ2n) is 8.63. The zero-order valence-corrected chi connectivity index (χ0v) is 19.2. The molecule has 0 amide bonds. The highest BCUT2D eigenvalue weighted by Crippen LogP contribution is 2.18. The largest absolute Gasteiger partial charge is 0.465 e. The number of rotatable bonds is 20. The van der Waals surface area contributed by atoms with Gasteiger partial charge in [0.1, 0.15) is 0 Å². The second kappa shape index (κ2) is 20.2. The van der Waals surface area contributed by atoms with Crippen LogP contribution >= 0.6 is 0 Å². The Morgan fingerprint density at radius 2 is 1.19 bits per heavy atom. The second-order valence-corrected chi connectivity index (χ2v) is 8.63. The summed E-state index contributed by atoms with van der Waals surface area (Å²) < 4.78 is 5.48. The summed E-state index contributed by atoms with van der Waals surface area (Å²) in [6, 6.07) is 0. The molecule has 0 rings (SSSR count). The molecule has 2 atom stereocenters. The molecule has 2 unspecified atom stereocenters. The average Bonchev–Trinajstić information content (AvgIpc) is 2.67. The number of esters is 1. The molecule has 0 aromatic rings. The zero-order valence-electron chi connectivity index (χ0n) is 19.2. The Balaban J connectivity index is 3.42. The van der Waals surface area contributed by atoms with Gasteiger partial charge in [0, 0.05) is 0 Å². The average molecular weight is 383 g/mol. The van der Waals surface area contributed by atoms with Crippen molar-refractivity contribution in [1.29, 1.82) is 0 Å². The van der Waals surface area contributed by atoms with Crippen molar-refractivity contribution in [1.82, 2.24) is 0 Å². The van der Waals surface area contributed by atoms with Gasteiger partial charge in [0.25, 0.3) is 0 Å². The van der Waals surface area contributed by atoms with Gasteiger partial charge in [0.15, 0.2) is 0 Å². The van der Waals surface area contributed by atoms with Crippen LogP contribution < -0.4 is 0 Å². The minimum absolute atomic E-state index is 0.0365. The maximum atomic E-state index is 12.0. The molecule has 0 aliphatic rings. The molecule has 0 aromatic heterocycles. The number of carbonyl (C=O) groups excluding carboxylic acids is 1. The van der Waals surface area contributed by atoms with Crippen molar-refractivity contribution in [2.45, 2.75) is 137 Å². The molecule has 27 heavy (non-hydrogen) atoms. The minimum Gasteiger partial charge on any atom is -0.465 e. The Kier molecular flexibility index (Phi) is 19.8. The standard InChI is InChI=1S/C25H50O2/c1-5-8-10-11-13-16-19-23(4)20-17-14-12-15-18-22-27-25(26)24(7-3)21-9-6-2/h23-24H,5-22H2,1-4H3. The van der Waals surface area contributed by atoms with Crippen LogP contribution in [0.3, 0.4) is 0 Å².